The van der Waals surface area contributed by atoms with Crippen LogP contribution in [-0.4, -0.2) is 14.2 Å². The Morgan fingerprint density at radius 1 is 1.29 bits per heavy atom. The Hall–Kier alpha value is -1.23. The average Bonchev–Trinajstić information content (AvgIpc) is 2.06. The lowest BCUT2D eigenvalue weighted by Crippen LogP contribution is -2.26. The molecule has 0 spiro atoms. The maximum Gasteiger partial charge on any atom is 0.233 e. The molecule has 0 saturated heterocycles. The minimum absolute atomic E-state index is 0.0629. The summed E-state index contributed by atoms with van der Waals surface area (Å²) < 4.78 is 26.4. The van der Waals surface area contributed by atoms with E-state index in [0.717, 1.165) is 5.56 Å². The molecule has 17 heavy (non-hydrogen) atoms. The minimum atomic E-state index is -3.36. The zero-order valence-corrected chi connectivity index (χ0v) is 11.6. The molecule has 1 aromatic carbocycles. The van der Waals surface area contributed by atoms with Gasteiger partial charge in [-0.3, -0.25) is 4.72 Å². The molecule has 1 rings (SSSR count). The van der Waals surface area contributed by atoms with Crippen LogP contribution in [0.15, 0.2) is 18.2 Å². The third-order valence-electron chi connectivity index (χ3n) is 2.10. The molecule has 5 heteroatoms. The molecule has 0 heterocycles. The van der Waals surface area contributed by atoms with Crippen LogP contribution in [0.3, 0.4) is 0 Å². The van der Waals surface area contributed by atoms with E-state index in [0.29, 0.717) is 11.4 Å². The van der Waals surface area contributed by atoms with E-state index in [1.54, 1.807) is 12.1 Å². The Bertz CT molecular complexity index is 502. The van der Waals surface area contributed by atoms with Gasteiger partial charge in [0.2, 0.25) is 10.0 Å². The van der Waals surface area contributed by atoms with Crippen LogP contribution >= 0.6 is 0 Å². The topological polar surface area (TPSA) is 72.2 Å². The van der Waals surface area contributed by atoms with E-state index in [2.05, 4.69) is 4.72 Å². The van der Waals surface area contributed by atoms with Gasteiger partial charge in [0.05, 0.1) is 17.1 Å². The molecule has 0 radical (unpaired) electrons. The Kier molecular flexibility index (Phi) is 3.71. The number of hydrogen-bond donors (Lipinski definition) is 2. The summed E-state index contributed by atoms with van der Waals surface area (Å²) in [5, 5.41) is 0. The van der Waals surface area contributed by atoms with Crippen LogP contribution < -0.4 is 10.5 Å². The Morgan fingerprint density at radius 3 is 2.41 bits per heavy atom. The summed E-state index contributed by atoms with van der Waals surface area (Å²) in [7, 11) is -3.36. The molecule has 0 aromatic heterocycles. The fraction of sp³-hybridized carbons (Fsp3) is 0.500. The number of sulfonamides is 1. The number of nitrogen functional groups attached to an aromatic ring is 1. The second-order valence-electron chi connectivity index (χ2n) is 5.51. The van der Waals surface area contributed by atoms with Crippen molar-refractivity contribution in [3.8, 4) is 0 Å². The zero-order chi connectivity index (χ0) is 13.3. The second kappa shape index (κ2) is 4.56. The average molecular weight is 256 g/mol. The number of nitrogens with two attached hydrogens (primary N) is 1. The Labute approximate surface area is 103 Å². The fourth-order valence-electron chi connectivity index (χ4n) is 1.53. The highest BCUT2D eigenvalue weighted by Crippen LogP contribution is 2.23. The quantitative estimate of drug-likeness (QED) is 0.815. The summed E-state index contributed by atoms with van der Waals surface area (Å²) >= 11 is 0. The zero-order valence-electron chi connectivity index (χ0n) is 10.7. The van der Waals surface area contributed by atoms with Crippen molar-refractivity contribution in [1.29, 1.82) is 0 Å². The lowest BCUT2D eigenvalue weighted by Gasteiger charge is -2.19. The first-order chi connectivity index (χ1) is 7.59. The van der Waals surface area contributed by atoms with E-state index in [-0.39, 0.29) is 11.2 Å². The molecule has 0 atom stereocenters. The molecule has 3 N–H and O–H groups in total. The summed E-state index contributed by atoms with van der Waals surface area (Å²) in [4.78, 5) is 0. The third kappa shape index (κ3) is 4.65. The lowest BCUT2D eigenvalue weighted by molar-refractivity contribution is 0.463. The lowest BCUT2D eigenvalue weighted by atomic mass is 10.0. The maximum absolute atomic E-state index is 11.9. The van der Waals surface area contributed by atoms with Crippen LogP contribution in [-0.2, 0) is 10.0 Å². The summed E-state index contributed by atoms with van der Waals surface area (Å²) in [6.07, 6.45) is 0. The second-order valence-corrected chi connectivity index (χ2v) is 7.23. The van der Waals surface area contributed by atoms with Crippen molar-refractivity contribution >= 4 is 21.4 Å². The van der Waals surface area contributed by atoms with Gasteiger partial charge in [0.1, 0.15) is 0 Å². The van der Waals surface area contributed by atoms with Crippen LogP contribution in [0, 0.1) is 12.3 Å². The van der Waals surface area contributed by atoms with Gasteiger partial charge >= 0.3 is 0 Å². The molecule has 0 saturated carbocycles. The highest BCUT2D eigenvalue weighted by atomic mass is 32.2. The molecule has 0 aliphatic heterocycles. The predicted octanol–water partition coefficient (Wildman–Crippen LogP) is 2.37. The van der Waals surface area contributed by atoms with Crippen molar-refractivity contribution in [2.45, 2.75) is 27.7 Å². The van der Waals surface area contributed by atoms with E-state index in [1.807, 2.05) is 33.8 Å². The van der Waals surface area contributed by atoms with Gasteiger partial charge in [0, 0.05) is 0 Å². The minimum Gasteiger partial charge on any atom is -0.397 e. The number of anilines is 2. The molecule has 0 bridgehead atoms. The van der Waals surface area contributed by atoms with Gasteiger partial charge < -0.3 is 5.73 Å². The van der Waals surface area contributed by atoms with Crippen molar-refractivity contribution in [2.24, 2.45) is 5.41 Å². The number of aryl methyl sites for hydroxylation is 1. The Morgan fingerprint density at radius 2 is 1.88 bits per heavy atom. The molecular weight excluding hydrogens is 236 g/mol. The van der Waals surface area contributed by atoms with Gasteiger partial charge in [-0.25, -0.2) is 8.42 Å². The van der Waals surface area contributed by atoms with E-state index >= 15 is 0 Å². The fourth-order valence-corrected chi connectivity index (χ4v) is 3.26. The molecule has 0 aliphatic carbocycles. The van der Waals surface area contributed by atoms with E-state index in [4.69, 9.17) is 5.73 Å². The highest BCUT2D eigenvalue weighted by Gasteiger charge is 2.22. The first kappa shape index (κ1) is 13.8. The number of rotatable bonds is 3. The normalized spacial score (nSPS) is 12.5. The van der Waals surface area contributed by atoms with Gasteiger partial charge in [-0.05, 0) is 30.0 Å². The highest BCUT2D eigenvalue weighted by molar-refractivity contribution is 7.92. The van der Waals surface area contributed by atoms with Crippen LogP contribution in [0.25, 0.3) is 0 Å². The predicted molar refractivity (Wildman–Crippen MR) is 72.5 cm³/mol. The van der Waals surface area contributed by atoms with E-state index < -0.39 is 10.0 Å². The summed E-state index contributed by atoms with van der Waals surface area (Å²) in [5.74, 6) is 0.0629. The van der Waals surface area contributed by atoms with Crippen LogP contribution in [0.5, 0.6) is 0 Å². The third-order valence-corrected chi connectivity index (χ3v) is 3.87. The molecule has 0 amide bonds. The van der Waals surface area contributed by atoms with E-state index in [1.165, 1.54) is 0 Å². The van der Waals surface area contributed by atoms with Crippen molar-refractivity contribution in [1.82, 2.24) is 0 Å². The van der Waals surface area contributed by atoms with E-state index in [9.17, 15) is 8.42 Å². The molecule has 0 fully saturated rings. The van der Waals surface area contributed by atoms with Gasteiger partial charge in [-0.1, -0.05) is 26.8 Å². The van der Waals surface area contributed by atoms with Gasteiger partial charge in [0.15, 0.2) is 0 Å². The van der Waals surface area contributed by atoms with Crippen molar-refractivity contribution in [3.05, 3.63) is 23.8 Å². The molecule has 1 aromatic rings. The standard InChI is InChI=1S/C12H20N2O2S/c1-9-5-6-10(13)11(7-9)14-17(15,16)8-12(2,3)4/h5-7,14H,8,13H2,1-4H3. The van der Waals surface area contributed by atoms with Crippen LogP contribution in [0.4, 0.5) is 11.4 Å². The monoisotopic (exact) mass is 256 g/mol. The van der Waals surface area contributed by atoms with Crippen molar-refractivity contribution < 1.29 is 8.42 Å². The SMILES string of the molecule is Cc1ccc(N)c(NS(=O)(=O)CC(C)(C)C)c1. The molecule has 0 aliphatic rings. The first-order valence-corrected chi connectivity index (χ1v) is 7.11. The summed E-state index contributed by atoms with van der Waals surface area (Å²) in [6.45, 7) is 7.53. The Balaban J connectivity index is 2.94. The van der Waals surface area contributed by atoms with Crippen LogP contribution in [0.1, 0.15) is 26.3 Å². The van der Waals surface area contributed by atoms with Gasteiger partial charge in [-0.15, -0.1) is 0 Å². The van der Waals surface area contributed by atoms with Crippen LogP contribution in [0.2, 0.25) is 0 Å². The summed E-state index contributed by atoms with van der Waals surface area (Å²) in [6, 6.07) is 5.27. The molecular formula is C12H20N2O2S. The first-order valence-electron chi connectivity index (χ1n) is 5.46. The smallest absolute Gasteiger partial charge is 0.233 e. The van der Waals surface area contributed by atoms with Gasteiger partial charge in [0.25, 0.3) is 0 Å². The number of hydrogen-bond acceptors (Lipinski definition) is 3. The molecule has 4 nitrogen and oxygen atoms in total. The number of nitrogens with one attached hydrogen (secondary N) is 1. The van der Waals surface area contributed by atoms with Gasteiger partial charge in [-0.2, -0.15) is 0 Å². The molecule has 0 unspecified atom stereocenters. The number of benzene rings is 1. The molecule has 96 valence electrons. The van der Waals surface area contributed by atoms with Crippen molar-refractivity contribution in [3.63, 3.8) is 0 Å². The van der Waals surface area contributed by atoms with Crippen molar-refractivity contribution in [2.75, 3.05) is 16.2 Å². The summed E-state index contributed by atoms with van der Waals surface area (Å²) in [5.41, 5.74) is 7.30. The maximum atomic E-state index is 11.9. The largest absolute Gasteiger partial charge is 0.397 e.